The highest BCUT2D eigenvalue weighted by Gasteiger charge is 2.33. The minimum absolute atomic E-state index is 0.0835. The number of rotatable bonds is 5. The Labute approximate surface area is 126 Å². The first-order valence-corrected chi connectivity index (χ1v) is 7.74. The van der Waals surface area contributed by atoms with Crippen LogP contribution in [0, 0.1) is 0 Å². The summed E-state index contributed by atoms with van der Waals surface area (Å²) in [5, 5.41) is 12.7. The highest BCUT2D eigenvalue weighted by Crippen LogP contribution is 2.29. The Morgan fingerprint density at radius 3 is 2.48 bits per heavy atom. The van der Waals surface area contributed by atoms with Gasteiger partial charge in [-0.3, -0.25) is 4.79 Å². The lowest BCUT2D eigenvalue weighted by molar-refractivity contribution is -0.125. The summed E-state index contributed by atoms with van der Waals surface area (Å²) in [5.74, 6) is -0.0835. The number of amides is 1. The number of benzene rings is 1. The predicted octanol–water partition coefficient (Wildman–Crippen LogP) is 2.06. The van der Waals surface area contributed by atoms with Gasteiger partial charge in [-0.25, -0.2) is 0 Å². The summed E-state index contributed by atoms with van der Waals surface area (Å²) >= 11 is 0. The molecule has 0 heterocycles. The van der Waals surface area contributed by atoms with E-state index in [0.717, 1.165) is 31.2 Å². The normalized spacial score (nSPS) is 20.5. The second kappa shape index (κ2) is 6.58. The molecule has 0 spiro atoms. The Bertz CT molecular complexity index is 469. The van der Waals surface area contributed by atoms with Gasteiger partial charge in [0.05, 0.1) is 12.1 Å². The number of carbonyl (C=O) groups excluding carboxylic acids is 1. The maximum Gasteiger partial charge on any atom is 0.222 e. The molecule has 0 radical (unpaired) electrons. The Hall–Kier alpha value is -1.39. The first-order chi connectivity index (χ1) is 9.97. The van der Waals surface area contributed by atoms with Crippen molar-refractivity contribution in [3.8, 4) is 0 Å². The molecule has 1 atom stereocenters. The van der Waals surface area contributed by atoms with Gasteiger partial charge in [0.1, 0.15) is 0 Å². The molecule has 4 nitrogen and oxygen atoms in total. The summed E-state index contributed by atoms with van der Waals surface area (Å²) in [6.07, 6.45) is 5.54. The van der Waals surface area contributed by atoms with Crippen LogP contribution in [0.4, 0.5) is 0 Å². The molecule has 0 aliphatic heterocycles. The van der Waals surface area contributed by atoms with Crippen molar-refractivity contribution in [3.05, 3.63) is 35.9 Å². The van der Waals surface area contributed by atoms with E-state index in [2.05, 4.69) is 5.32 Å². The number of hydrogen-bond acceptors (Lipinski definition) is 3. The largest absolute Gasteiger partial charge is 0.394 e. The van der Waals surface area contributed by atoms with Crippen LogP contribution in [-0.4, -0.2) is 23.2 Å². The summed E-state index contributed by atoms with van der Waals surface area (Å²) in [5.41, 5.74) is 6.09. The minimum atomic E-state index is -0.761. The monoisotopic (exact) mass is 290 g/mol. The van der Waals surface area contributed by atoms with E-state index in [9.17, 15) is 9.90 Å². The van der Waals surface area contributed by atoms with Crippen molar-refractivity contribution in [2.45, 2.75) is 56.5 Å². The molecular formula is C17H26N2O2. The van der Waals surface area contributed by atoms with Crippen LogP contribution in [0.3, 0.4) is 0 Å². The smallest absolute Gasteiger partial charge is 0.222 e. The van der Waals surface area contributed by atoms with Gasteiger partial charge < -0.3 is 16.2 Å². The molecule has 0 aromatic heterocycles. The van der Waals surface area contributed by atoms with Crippen molar-refractivity contribution < 1.29 is 9.90 Å². The van der Waals surface area contributed by atoms with Gasteiger partial charge in [-0.15, -0.1) is 0 Å². The van der Waals surface area contributed by atoms with E-state index in [-0.39, 0.29) is 18.1 Å². The zero-order chi connectivity index (χ0) is 15.3. The Morgan fingerprint density at radius 1 is 1.29 bits per heavy atom. The lowest BCUT2D eigenvalue weighted by Gasteiger charge is -2.35. The van der Waals surface area contributed by atoms with Gasteiger partial charge in [-0.2, -0.15) is 0 Å². The van der Waals surface area contributed by atoms with Crippen molar-refractivity contribution >= 4 is 5.91 Å². The van der Waals surface area contributed by atoms with E-state index in [0.29, 0.717) is 6.42 Å². The van der Waals surface area contributed by atoms with Crippen LogP contribution in [0.25, 0.3) is 0 Å². The topological polar surface area (TPSA) is 75.3 Å². The number of nitrogens with one attached hydrogen (secondary N) is 1. The van der Waals surface area contributed by atoms with Crippen LogP contribution in [0.1, 0.15) is 51.0 Å². The molecule has 4 N–H and O–H groups in total. The van der Waals surface area contributed by atoms with Gasteiger partial charge >= 0.3 is 0 Å². The number of nitrogens with two attached hydrogens (primary N) is 1. The molecule has 1 fully saturated rings. The fourth-order valence-corrected chi connectivity index (χ4v) is 3.11. The third-order valence-corrected chi connectivity index (χ3v) is 4.50. The molecular weight excluding hydrogens is 264 g/mol. The first-order valence-electron chi connectivity index (χ1n) is 7.74. The summed E-state index contributed by atoms with van der Waals surface area (Å²) < 4.78 is 0. The molecule has 1 saturated carbocycles. The molecule has 1 aliphatic carbocycles. The number of aliphatic hydroxyl groups excluding tert-OH is 1. The second-order valence-corrected chi connectivity index (χ2v) is 6.50. The lowest BCUT2D eigenvalue weighted by atomic mass is 9.79. The molecule has 1 amide bonds. The number of aliphatic hydroxyl groups is 1. The highest BCUT2D eigenvalue weighted by atomic mass is 16.3. The number of hydrogen-bond donors (Lipinski definition) is 3. The van der Waals surface area contributed by atoms with Crippen LogP contribution in [0.15, 0.2) is 30.3 Å². The van der Waals surface area contributed by atoms with E-state index in [4.69, 9.17) is 5.73 Å². The molecule has 0 saturated heterocycles. The average molecular weight is 290 g/mol. The molecule has 21 heavy (non-hydrogen) atoms. The Kier molecular flexibility index (Phi) is 5.01. The zero-order valence-corrected chi connectivity index (χ0v) is 12.8. The van der Waals surface area contributed by atoms with E-state index in [1.54, 1.807) is 0 Å². The summed E-state index contributed by atoms with van der Waals surface area (Å²) in [6.45, 7) is 1.70. The van der Waals surface area contributed by atoms with Gasteiger partial charge in [0, 0.05) is 12.0 Å². The molecule has 4 heteroatoms. The molecule has 1 aliphatic rings. The van der Waals surface area contributed by atoms with Crippen molar-refractivity contribution in [3.63, 3.8) is 0 Å². The van der Waals surface area contributed by atoms with E-state index in [1.807, 2.05) is 37.3 Å². The van der Waals surface area contributed by atoms with Crippen LogP contribution in [0.2, 0.25) is 0 Å². The number of carbonyl (C=O) groups is 1. The van der Waals surface area contributed by atoms with Crippen molar-refractivity contribution in [1.82, 2.24) is 5.32 Å². The van der Waals surface area contributed by atoms with Gasteiger partial charge in [0.25, 0.3) is 0 Å². The molecule has 116 valence electrons. The third kappa shape index (κ3) is 4.05. The van der Waals surface area contributed by atoms with Gasteiger partial charge in [-0.1, -0.05) is 49.6 Å². The van der Waals surface area contributed by atoms with Gasteiger partial charge in [0.2, 0.25) is 5.91 Å². The van der Waals surface area contributed by atoms with E-state index >= 15 is 0 Å². The molecule has 0 bridgehead atoms. The average Bonchev–Trinajstić information content (AvgIpc) is 2.48. The van der Waals surface area contributed by atoms with E-state index < -0.39 is 5.54 Å². The van der Waals surface area contributed by atoms with Crippen LogP contribution < -0.4 is 11.1 Å². The third-order valence-electron chi connectivity index (χ3n) is 4.50. The second-order valence-electron chi connectivity index (χ2n) is 6.50. The Balaban J connectivity index is 2.03. The Morgan fingerprint density at radius 2 is 1.90 bits per heavy atom. The van der Waals surface area contributed by atoms with Crippen LogP contribution in [-0.2, 0) is 10.3 Å². The standard InChI is InChI=1S/C17H26N2O2/c1-16(13-20,14-8-4-2-5-9-14)19-15(21)12-17(18)10-6-3-7-11-17/h2,4-5,8-9,20H,3,6-7,10-13,18H2,1H3,(H,19,21). The van der Waals surface area contributed by atoms with Crippen molar-refractivity contribution in [2.75, 3.05) is 6.61 Å². The molecule has 1 aromatic rings. The fourth-order valence-electron chi connectivity index (χ4n) is 3.11. The van der Waals surface area contributed by atoms with E-state index in [1.165, 1.54) is 6.42 Å². The maximum absolute atomic E-state index is 12.4. The molecule has 2 rings (SSSR count). The zero-order valence-electron chi connectivity index (χ0n) is 12.8. The van der Waals surface area contributed by atoms with Gasteiger partial charge in [0.15, 0.2) is 0 Å². The molecule has 1 aromatic carbocycles. The molecule has 1 unspecified atom stereocenters. The van der Waals surface area contributed by atoms with Crippen molar-refractivity contribution in [1.29, 1.82) is 0 Å². The first kappa shape index (κ1) is 16.0. The van der Waals surface area contributed by atoms with Crippen molar-refractivity contribution in [2.24, 2.45) is 5.73 Å². The predicted molar refractivity (Wildman–Crippen MR) is 83.6 cm³/mol. The summed E-state index contributed by atoms with van der Waals surface area (Å²) in [6, 6.07) is 9.55. The summed E-state index contributed by atoms with van der Waals surface area (Å²) in [7, 11) is 0. The fraction of sp³-hybridized carbons (Fsp3) is 0.588. The summed E-state index contributed by atoms with van der Waals surface area (Å²) in [4.78, 5) is 12.4. The van der Waals surface area contributed by atoms with Gasteiger partial charge in [-0.05, 0) is 25.3 Å². The quantitative estimate of drug-likeness (QED) is 0.777. The SMILES string of the molecule is CC(CO)(NC(=O)CC1(N)CCCCC1)c1ccccc1. The van der Waals surface area contributed by atoms with Crippen LogP contribution >= 0.6 is 0 Å². The lowest BCUT2D eigenvalue weighted by Crippen LogP contribution is -2.51. The minimum Gasteiger partial charge on any atom is -0.394 e. The maximum atomic E-state index is 12.4. The van der Waals surface area contributed by atoms with Crippen LogP contribution in [0.5, 0.6) is 0 Å². The highest BCUT2D eigenvalue weighted by molar-refractivity contribution is 5.78.